The molecular formula is C15H23N3O2S. The summed E-state index contributed by atoms with van der Waals surface area (Å²) in [4.78, 5) is 2.40. The molecule has 0 bridgehead atoms. The van der Waals surface area contributed by atoms with Gasteiger partial charge in [0.25, 0.3) is 0 Å². The third kappa shape index (κ3) is 3.63. The van der Waals surface area contributed by atoms with Gasteiger partial charge in [-0.05, 0) is 12.0 Å². The Hall–Kier alpha value is -0.950. The van der Waals surface area contributed by atoms with Gasteiger partial charge in [0.1, 0.15) is 0 Å². The molecule has 5 nitrogen and oxygen atoms in total. The lowest BCUT2D eigenvalue weighted by Gasteiger charge is -2.45. The first-order valence-electron chi connectivity index (χ1n) is 7.62. The van der Waals surface area contributed by atoms with E-state index in [1.165, 1.54) is 0 Å². The molecule has 2 heterocycles. The minimum atomic E-state index is -3.10. The highest BCUT2D eigenvalue weighted by molar-refractivity contribution is 7.89. The van der Waals surface area contributed by atoms with Crippen LogP contribution in [0.1, 0.15) is 5.56 Å². The Kier molecular flexibility index (Phi) is 4.59. The van der Waals surface area contributed by atoms with Gasteiger partial charge >= 0.3 is 0 Å². The lowest BCUT2D eigenvalue weighted by atomic mass is 10.1. The van der Waals surface area contributed by atoms with Crippen molar-refractivity contribution in [3.63, 3.8) is 0 Å². The Balaban J connectivity index is 1.48. The van der Waals surface area contributed by atoms with Gasteiger partial charge in [-0.2, -0.15) is 4.31 Å². The predicted octanol–water partition coefficient (Wildman–Crippen LogP) is 0.148. The molecular weight excluding hydrogens is 286 g/mol. The van der Waals surface area contributed by atoms with E-state index in [9.17, 15) is 8.42 Å². The largest absolute Gasteiger partial charge is 0.314 e. The molecule has 2 aliphatic rings. The number of piperazine rings is 1. The number of hydrogen-bond acceptors (Lipinski definition) is 4. The summed E-state index contributed by atoms with van der Waals surface area (Å²) in [5.74, 6) is 0.214. The molecule has 6 heteroatoms. The topological polar surface area (TPSA) is 52.7 Å². The number of nitrogens with zero attached hydrogens (tertiary/aromatic N) is 2. The van der Waals surface area contributed by atoms with Crippen molar-refractivity contribution in [3.8, 4) is 0 Å². The predicted molar refractivity (Wildman–Crippen MR) is 83.7 cm³/mol. The fourth-order valence-corrected chi connectivity index (χ4v) is 4.49. The van der Waals surface area contributed by atoms with Crippen LogP contribution in [0.5, 0.6) is 0 Å². The SMILES string of the molecule is O=S(=O)(CCc1ccccc1)N1CC(N2CCNCC2)C1. The highest BCUT2D eigenvalue weighted by Crippen LogP contribution is 2.20. The summed E-state index contributed by atoms with van der Waals surface area (Å²) in [6.45, 7) is 5.41. The van der Waals surface area contributed by atoms with Gasteiger partial charge in [-0.25, -0.2) is 8.42 Å². The van der Waals surface area contributed by atoms with Crippen LogP contribution in [0.25, 0.3) is 0 Å². The van der Waals surface area contributed by atoms with Crippen molar-refractivity contribution in [2.45, 2.75) is 12.5 Å². The number of nitrogens with one attached hydrogen (secondary N) is 1. The molecule has 0 aliphatic carbocycles. The van der Waals surface area contributed by atoms with Gasteiger partial charge in [0, 0.05) is 45.3 Å². The van der Waals surface area contributed by atoms with Crippen LogP contribution in [0, 0.1) is 0 Å². The average molecular weight is 309 g/mol. The summed E-state index contributed by atoms with van der Waals surface area (Å²) in [5.41, 5.74) is 1.08. The van der Waals surface area contributed by atoms with E-state index in [0.717, 1.165) is 31.7 Å². The number of rotatable bonds is 5. The zero-order valence-corrected chi connectivity index (χ0v) is 13.1. The molecule has 0 saturated carbocycles. The van der Waals surface area contributed by atoms with E-state index in [4.69, 9.17) is 0 Å². The van der Waals surface area contributed by atoms with Crippen molar-refractivity contribution in [3.05, 3.63) is 35.9 Å². The van der Waals surface area contributed by atoms with Gasteiger partial charge in [0.05, 0.1) is 5.75 Å². The second-order valence-electron chi connectivity index (χ2n) is 5.81. The third-order valence-electron chi connectivity index (χ3n) is 4.38. The van der Waals surface area contributed by atoms with Crippen molar-refractivity contribution in [2.75, 3.05) is 45.0 Å². The molecule has 0 amide bonds. The monoisotopic (exact) mass is 309 g/mol. The highest BCUT2D eigenvalue weighted by Gasteiger charge is 2.38. The Bertz CT molecular complexity index is 550. The summed E-state index contributed by atoms with van der Waals surface area (Å²) in [6, 6.07) is 10.2. The maximum absolute atomic E-state index is 12.3. The Morgan fingerprint density at radius 3 is 2.43 bits per heavy atom. The Morgan fingerprint density at radius 2 is 1.76 bits per heavy atom. The molecule has 3 rings (SSSR count). The van der Waals surface area contributed by atoms with Crippen LogP contribution >= 0.6 is 0 Å². The molecule has 0 aromatic heterocycles. The van der Waals surface area contributed by atoms with Gasteiger partial charge in [0.15, 0.2) is 0 Å². The Morgan fingerprint density at radius 1 is 1.10 bits per heavy atom. The van der Waals surface area contributed by atoms with Crippen molar-refractivity contribution < 1.29 is 8.42 Å². The van der Waals surface area contributed by atoms with Gasteiger partial charge in [-0.1, -0.05) is 30.3 Å². The molecule has 0 radical (unpaired) electrons. The van der Waals surface area contributed by atoms with Crippen molar-refractivity contribution in [1.82, 2.24) is 14.5 Å². The summed E-state index contributed by atoms with van der Waals surface area (Å²) >= 11 is 0. The van der Waals surface area contributed by atoms with Crippen LogP contribution in [0.2, 0.25) is 0 Å². The summed E-state index contributed by atoms with van der Waals surface area (Å²) < 4.78 is 26.3. The van der Waals surface area contributed by atoms with Crippen LogP contribution in [0.4, 0.5) is 0 Å². The quantitative estimate of drug-likeness (QED) is 0.841. The molecule has 1 aromatic rings. The van der Waals surface area contributed by atoms with Crippen molar-refractivity contribution in [2.24, 2.45) is 0 Å². The minimum absolute atomic E-state index is 0.214. The van der Waals surface area contributed by atoms with Crippen molar-refractivity contribution >= 4 is 10.0 Å². The molecule has 0 spiro atoms. The van der Waals surface area contributed by atoms with Crippen LogP contribution in [-0.4, -0.2) is 68.7 Å². The van der Waals surface area contributed by atoms with E-state index >= 15 is 0 Å². The standard InChI is InChI=1S/C15H23N3O2S/c19-21(20,11-6-14-4-2-1-3-5-14)18-12-15(13-18)17-9-7-16-8-10-17/h1-5,15-16H,6-13H2. The second-order valence-corrected chi connectivity index (χ2v) is 7.90. The third-order valence-corrected chi connectivity index (χ3v) is 6.19. The fraction of sp³-hybridized carbons (Fsp3) is 0.600. The lowest BCUT2D eigenvalue weighted by Crippen LogP contribution is -2.64. The lowest BCUT2D eigenvalue weighted by molar-refractivity contribution is 0.0773. The van der Waals surface area contributed by atoms with E-state index in [1.807, 2.05) is 30.3 Å². The first kappa shape index (κ1) is 15.0. The zero-order valence-electron chi connectivity index (χ0n) is 12.2. The number of aryl methyl sites for hydroxylation is 1. The Labute approximate surface area is 127 Å². The number of benzene rings is 1. The molecule has 21 heavy (non-hydrogen) atoms. The maximum atomic E-state index is 12.3. The van der Waals surface area contributed by atoms with E-state index < -0.39 is 10.0 Å². The van der Waals surface area contributed by atoms with Gasteiger partial charge in [0.2, 0.25) is 10.0 Å². The number of hydrogen-bond donors (Lipinski definition) is 1. The molecule has 1 N–H and O–H groups in total. The molecule has 2 saturated heterocycles. The van der Waals surface area contributed by atoms with Crippen LogP contribution < -0.4 is 5.32 Å². The maximum Gasteiger partial charge on any atom is 0.214 e. The minimum Gasteiger partial charge on any atom is -0.314 e. The molecule has 0 unspecified atom stereocenters. The average Bonchev–Trinajstić information content (AvgIpc) is 2.46. The van der Waals surface area contributed by atoms with E-state index in [0.29, 0.717) is 25.6 Å². The normalized spacial score (nSPS) is 22.1. The number of sulfonamides is 1. The fourth-order valence-electron chi connectivity index (χ4n) is 2.94. The van der Waals surface area contributed by atoms with E-state index in [-0.39, 0.29) is 5.75 Å². The smallest absolute Gasteiger partial charge is 0.214 e. The van der Waals surface area contributed by atoms with Crippen LogP contribution in [0.3, 0.4) is 0 Å². The van der Waals surface area contributed by atoms with Crippen molar-refractivity contribution in [1.29, 1.82) is 0 Å². The van der Waals surface area contributed by atoms with E-state index in [1.54, 1.807) is 4.31 Å². The summed E-state index contributed by atoms with van der Waals surface area (Å²) in [5, 5.41) is 3.32. The molecule has 116 valence electrons. The van der Waals surface area contributed by atoms with E-state index in [2.05, 4.69) is 10.2 Å². The summed E-state index contributed by atoms with van der Waals surface area (Å²) in [7, 11) is -3.10. The van der Waals surface area contributed by atoms with Gasteiger partial charge < -0.3 is 5.32 Å². The molecule has 2 aliphatic heterocycles. The second kappa shape index (κ2) is 6.44. The first-order valence-corrected chi connectivity index (χ1v) is 9.22. The highest BCUT2D eigenvalue weighted by atomic mass is 32.2. The molecule has 2 fully saturated rings. The van der Waals surface area contributed by atoms with Gasteiger partial charge in [-0.3, -0.25) is 4.90 Å². The van der Waals surface area contributed by atoms with Crippen LogP contribution in [-0.2, 0) is 16.4 Å². The summed E-state index contributed by atoms with van der Waals surface area (Å²) in [6.07, 6.45) is 0.595. The molecule has 1 aromatic carbocycles. The van der Waals surface area contributed by atoms with Crippen LogP contribution in [0.15, 0.2) is 30.3 Å². The zero-order chi connectivity index (χ0) is 14.7. The first-order chi connectivity index (χ1) is 10.1. The van der Waals surface area contributed by atoms with Gasteiger partial charge in [-0.15, -0.1) is 0 Å². The molecule has 0 atom stereocenters.